The van der Waals surface area contributed by atoms with E-state index in [0.29, 0.717) is 43.8 Å². The molecule has 1 aromatic heterocycles. The molecule has 0 aliphatic carbocycles. The molecular weight excluding hydrogens is 448 g/mol. The molecule has 0 amide bonds. The molecule has 32 heavy (non-hydrogen) atoms. The van der Waals surface area contributed by atoms with Crippen LogP contribution in [0.2, 0.25) is 5.02 Å². The number of para-hydroxylation sites is 1. The maximum atomic E-state index is 13.3. The van der Waals surface area contributed by atoms with Crippen molar-refractivity contribution in [2.75, 3.05) is 20.0 Å². The van der Waals surface area contributed by atoms with Crippen LogP contribution in [0.25, 0.3) is 16.6 Å². The summed E-state index contributed by atoms with van der Waals surface area (Å²) in [7, 11) is 3.05. The molecule has 0 aliphatic rings. The van der Waals surface area contributed by atoms with Crippen molar-refractivity contribution in [3.8, 4) is 17.2 Å². The Labute approximate surface area is 193 Å². The summed E-state index contributed by atoms with van der Waals surface area (Å²) in [6, 6.07) is 19.2. The molecule has 4 rings (SSSR count). The van der Waals surface area contributed by atoms with Gasteiger partial charge in [0.05, 0.1) is 36.6 Å². The number of halogens is 1. The molecule has 0 saturated carbocycles. The van der Waals surface area contributed by atoms with Gasteiger partial charge in [-0.25, -0.2) is 4.98 Å². The normalized spacial score (nSPS) is 10.8. The Morgan fingerprint density at radius 1 is 1.00 bits per heavy atom. The lowest BCUT2D eigenvalue weighted by molar-refractivity contribution is 0.102. The van der Waals surface area contributed by atoms with Crippen molar-refractivity contribution in [1.29, 1.82) is 0 Å². The van der Waals surface area contributed by atoms with E-state index in [0.717, 1.165) is 0 Å². The quantitative estimate of drug-likeness (QED) is 0.216. The second-order valence-electron chi connectivity index (χ2n) is 6.81. The number of carbonyl (C=O) groups is 1. The number of nitrogens with zero attached hydrogens (tertiary/aromatic N) is 2. The molecule has 6 nitrogen and oxygen atoms in total. The molecule has 0 spiro atoms. The van der Waals surface area contributed by atoms with Gasteiger partial charge in [-0.2, -0.15) is 0 Å². The van der Waals surface area contributed by atoms with Gasteiger partial charge in [-0.1, -0.05) is 41.6 Å². The summed E-state index contributed by atoms with van der Waals surface area (Å²) in [5.74, 6) is 0.975. The summed E-state index contributed by atoms with van der Waals surface area (Å²) < 4.78 is 12.0. The molecule has 0 fully saturated rings. The molecule has 4 aromatic rings. The number of ketones is 1. The Hall–Kier alpha value is -3.29. The fourth-order valence-electron chi connectivity index (χ4n) is 3.26. The van der Waals surface area contributed by atoms with Gasteiger partial charge in [-0.3, -0.25) is 14.2 Å². The van der Waals surface area contributed by atoms with Crippen molar-refractivity contribution in [2.45, 2.75) is 5.16 Å². The van der Waals surface area contributed by atoms with Gasteiger partial charge in [-0.15, -0.1) is 0 Å². The number of thioether (sulfide) groups is 1. The standard InChI is InChI=1S/C24H19ClN2O4S/c1-30-21-11-8-15(12-22(21)31-2)20(28)14-32-24-26-19-13-16(25)9-10-18(19)23(29)27(24)17-6-4-3-5-7-17/h3-13H,14H2,1-2H3. The van der Waals surface area contributed by atoms with Crippen molar-refractivity contribution in [2.24, 2.45) is 0 Å². The smallest absolute Gasteiger partial charge is 0.266 e. The van der Waals surface area contributed by atoms with E-state index in [2.05, 4.69) is 4.98 Å². The number of rotatable bonds is 7. The van der Waals surface area contributed by atoms with Gasteiger partial charge in [0.25, 0.3) is 5.56 Å². The largest absolute Gasteiger partial charge is 0.493 e. The van der Waals surface area contributed by atoms with Crippen LogP contribution >= 0.6 is 23.4 Å². The molecule has 3 aromatic carbocycles. The third-order valence-corrected chi connectivity index (χ3v) is 6.03. The molecule has 1 heterocycles. The van der Waals surface area contributed by atoms with Crippen LogP contribution in [0.4, 0.5) is 0 Å². The lowest BCUT2D eigenvalue weighted by Crippen LogP contribution is -2.22. The number of hydrogen-bond acceptors (Lipinski definition) is 6. The highest BCUT2D eigenvalue weighted by molar-refractivity contribution is 7.99. The Balaban J connectivity index is 1.72. The monoisotopic (exact) mass is 466 g/mol. The Bertz CT molecular complexity index is 1360. The summed E-state index contributed by atoms with van der Waals surface area (Å²) >= 11 is 7.30. The fraction of sp³-hybridized carbons (Fsp3) is 0.125. The summed E-state index contributed by atoms with van der Waals surface area (Å²) in [6.07, 6.45) is 0. The average molecular weight is 467 g/mol. The summed E-state index contributed by atoms with van der Waals surface area (Å²) in [6.45, 7) is 0. The van der Waals surface area contributed by atoms with Crippen molar-refractivity contribution in [1.82, 2.24) is 9.55 Å². The first-order valence-corrected chi connectivity index (χ1v) is 11.0. The Kier molecular flexibility index (Phi) is 6.48. The van der Waals surface area contributed by atoms with E-state index in [4.69, 9.17) is 21.1 Å². The van der Waals surface area contributed by atoms with Crippen LogP contribution in [-0.2, 0) is 0 Å². The molecule has 0 saturated heterocycles. The summed E-state index contributed by atoms with van der Waals surface area (Å²) in [5.41, 5.74) is 1.41. The third-order valence-electron chi connectivity index (χ3n) is 4.85. The van der Waals surface area contributed by atoms with Crippen LogP contribution in [0.5, 0.6) is 11.5 Å². The predicted molar refractivity (Wildman–Crippen MR) is 127 cm³/mol. The molecule has 162 valence electrons. The number of methoxy groups -OCH3 is 2. The van der Waals surface area contributed by atoms with E-state index in [1.165, 1.54) is 30.5 Å². The molecular formula is C24H19ClN2O4S. The second kappa shape index (κ2) is 9.46. The van der Waals surface area contributed by atoms with E-state index in [1.54, 1.807) is 36.4 Å². The van der Waals surface area contributed by atoms with Gasteiger partial charge in [0.15, 0.2) is 22.4 Å². The van der Waals surface area contributed by atoms with E-state index in [-0.39, 0.29) is 17.1 Å². The van der Waals surface area contributed by atoms with Crippen molar-refractivity contribution in [3.05, 3.63) is 87.7 Å². The van der Waals surface area contributed by atoms with E-state index < -0.39 is 0 Å². The number of hydrogen-bond donors (Lipinski definition) is 0. The van der Waals surface area contributed by atoms with Gasteiger partial charge in [-0.05, 0) is 48.5 Å². The highest BCUT2D eigenvalue weighted by Crippen LogP contribution is 2.29. The zero-order chi connectivity index (χ0) is 22.7. The lowest BCUT2D eigenvalue weighted by atomic mass is 10.1. The number of Topliss-reactive ketones (excluding diaryl/α,β-unsaturated/α-hetero) is 1. The van der Waals surface area contributed by atoms with Gasteiger partial charge in [0.2, 0.25) is 0 Å². The Morgan fingerprint density at radius 3 is 2.47 bits per heavy atom. The van der Waals surface area contributed by atoms with Gasteiger partial charge in [0.1, 0.15) is 0 Å². The van der Waals surface area contributed by atoms with Crippen LogP contribution in [-0.4, -0.2) is 35.3 Å². The molecule has 0 radical (unpaired) electrons. The van der Waals surface area contributed by atoms with Crippen molar-refractivity contribution < 1.29 is 14.3 Å². The highest BCUT2D eigenvalue weighted by Gasteiger charge is 2.17. The Morgan fingerprint density at radius 2 is 1.75 bits per heavy atom. The maximum absolute atomic E-state index is 13.3. The number of aromatic nitrogens is 2. The zero-order valence-corrected chi connectivity index (χ0v) is 18.9. The SMILES string of the molecule is COc1ccc(C(=O)CSc2nc3cc(Cl)ccc3c(=O)n2-c2ccccc2)cc1OC. The number of benzene rings is 3. The molecule has 0 aliphatic heterocycles. The first-order chi connectivity index (χ1) is 15.5. The molecule has 0 unspecified atom stereocenters. The third kappa shape index (κ3) is 4.35. The average Bonchev–Trinajstić information content (AvgIpc) is 2.82. The van der Waals surface area contributed by atoms with Crippen LogP contribution < -0.4 is 15.0 Å². The van der Waals surface area contributed by atoms with Gasteiger partial charge >= 0.3 is 0 Å². The topological polar surface area (TPSA) is 70.4 Å². The minimum absolute atomic E-state index is 0.0842. The summed E-state index contributed by atoms with van der Waals surface area (Å²) in [5, 5.41) is 1.35. The highest BCUT2D eigenvalue weighted by atomic mass is 35.5. The number of ether oxygens (including phenoxy) is 2. The van der Waals surface area contributed by atoms with Crippen LogP contribution in [0, 0.1) is 0 Å². The molecule has 0 bridgehead atoms. The van der Waals surface area contributed by atoms with Crippen molar-refractivity contribution in [3.63, 3.8) is 0 Å². The maximum Gasteiger partial charge on any atom is 0.266 e. The number of fused-ring (bicyclic) bond motifs is 1. The van der Waals surface area contributed by atoms with E-state index in [9.17, 15) is 9.59 Å². The first kappa shape index (κ1) is 21.9. The first-order valence-electron chi connectivity index (χ1n) is 9.67. The molecule has 0 N–H and O–H groups in total. The lowest BCUT2D eigenvalue weighted by Gasteiger charge is -2.13. The van der Waals surface area contributed by atoms with Gasteiger partial charge < -0.3 is 9.47 Å². The predicted octanol–water partition coefficient (Wildman–Crippen LogP) is 5.03. The van der Waals surface area contributed by atoms with Crippen LogP contribution in [0.15, 0.2) is 76.7 Å². The molecule has 0 atom stereocenters. The number of carbonyl (C=O) groups excluding carboxylic acids is 1. The second-order valence-corrected chi connectivity index (χ2v) is 8.19. The van der Waals surface area contributed by atoms with Crippen LogP contribution in [0.1, 0.15) is 10.4 Å². The zero-order valence-electron chi connectivity index (χ0n) is 17.4. The van der Waals surface area contributed by atoms with Crippen molar-refractivity contribution >= 4 is 40.0 Å². The van der Waals surface area contributed by atoms with Gasteiger partial charge in [0, 0.05) is 10.6 Å². The minimum atomic E-state index is -0.223. The minimum Gasteiger partial charge on any atom is -0.493 e. The van der Waals surface area contributed by atoms with E-state index >= 15 is 0 Å². The summed E-state index contributed by atoms with van der Waals surface area (Å²) in [4.78, 5) is 30.8. The van der Waals surface area contributed by atoms with Crippen LogP contribution in [0.3, 0.4) is 0 Å². The fourth-order valence-corrected chi connectivity index (χ4v) is 4.34. The van der Waals surface area contributed by atoms with E-state index in [1.807, 2.05) is 30.3 Å². The molecule has 8 heteroatoms.